The van der Waals surface area contributed by atoms with Crippen molar-refractivity contribution < 1.29 is 4.21 Å². The maximum absolute atomic E-state index is 11.1. The van der Waals surface area contributed by atoms with Gasteiger partial charge in [-0.05, 0) is 31.5 Å². The average Bonchev–Trinajstić information content (AvgIpc) is 2.26. The molecule has 0 bridgehead atoms. The van der Waals surface area contributed by atoms with Crippen LogP contribution in [0.4, 0.5) is 0 Å². The van der Waals surface area contributed by atoms with Gasteiger partial charge in [-0.2, -0.15) is 0 Å². The molecule has 2 atom stereocenters. The van der Waals surface area contributed by atoms with Crippen molar-refractivity contribution in [3.05, 3.63) is 29.6 Å². The summed E-state index contributed by atoms with van der Waals surface area (Å²) in [6.45, 7) is 5.71. The molecular weight excluding hydrogens is 220 g/mol. The van der Waals surface area contributed by atoms with E-state index in [1.54, 1.807) is 6.26 Å². The Bertz CT molecular complexity index is 337. The Morgan fingerprint density at radius 2 is 2.25 bits per heavy atom. The summed E-state index contributed by atoms with van der Waals surface area (Å²) in [5.74, 6) is 0. The summed E-state index contributed by atoms with van der Waals surface area (Å²) in [5, 5.41) is 3.57. The van der Waals surface area contributed by atoms with Crippen LogP contribution < -0.4 is 5.32 Å². The molecule has 1 rings (SSSR count). The van der Waals surface area contributed by atoms with Crippen LogP contribution in [0.2, 0.25) is 0 Å². The number of pyridine rings is 1. The molecule has 1 heterocycles. The molecule has 1 aromatic heterocycles. The van der Waals surface area contributed by atoms with Gasteiger partial charge in [-0.1, -0.05) is 13.0 Å². The molecule has 0 aliphatic carbocycles. The zero-order valence-corrected chi connectivity index (χ0v) is 11.0. The minimum atomic E-state index is -0.717. The minimum absolute atomic E-state index is 0.262. The highest BCUT2D eigenvalue weighted by Crippen LogP contribution is 2.00. The van der Waals surface area contributed by atoms with E-state index in [-0.39, 0.29) is 5.25 Å². The van der Waals surface area contributed by atoms with E-state index >= 15 is 0 Å². The minimum Gasteiger partial charge on any atom is -0.311 e. The topological polar surface area (TPSA) is 42.0 Å². The van der Waals surface area contributed by atoms with E-state index in [1.807, 2.05) is 26.1 Å². The second-order valence-corrected chi connectivity index (χ2v) is 5.90. The van der Waals surface area contributed by atoms with Crippen LogP contribution in [-0.4, -0.2) is 27.2 Å². The number of nitrogens with one attached hydrogen (secondary N) is 1. The third kappa shape index (κ3) is 4.86. The number of rotatable bonds is 6. The number of hydrogen-bond donors (Lipinski definition) is 1. The van der Waals surface area contributed by atoms with E-state index in [9.17, 15) is 4.21 Å². The number of aromatic nitrogens is 1. The lowest BCUT2D eigenvalue weighted by molar-refractivity contribution is 0.623. The highest BCUT2D eigenvalue weighted by atomic mass is 32.2. The quantitative estimate of drug-likeness (QED) is 0.769. The van der Waals surface area contributed by atoms with E-state index in [2.05, 4.69) is 16.4 Å². The molecule has 3 nitrogen and oxygen atoms in total. The normalized spacial score (nSPS) is 14.7. The van der Waals surface area contributed by atoms with E-state index in [4.69, 9.17) is 0 Å². The molecule has 90 valence electrons. The molecule has 0 spiro atoms. The fourth-order valence-electron chi connectivity index (χ4n) is 1.29. The maximum atomic E-state index is 11.1. The third-order valence-corrected chi connectivity index (χ3v) is 3.94. The number of aryl methyl sites for hydroxylation is 1. The summed E-state index contributed by atoms with van der Waals surface area (Å²) in [4.78, 5) is 4.31. The molecule has 0 aliphatic rings. The van der Waals surface area contributed by atoms with Crippen molar-refractivity contribution in [1.29, 1.82) is 0 Å². The van der Waals surface area contributed by atoms with Crippen LogP contribution >= 0.6 is 0 Å². The molecule has 0 saturated heterocycles. The molecule has 16 heavy (non-hydrogen) atoms. The van der Waals surface area contributed by atoms with Crippen molar-refractivity contribution in [1.82, 2.24) is 10.3 Å². The highest BCUT2D eigenvalue weighted by Gasteiger charge is 2.04. The van der Waals surface area contributed by atoms with E-state index in [0.717, 1.165) is 25.2 Å². The van der Waals surface area contributed by atoms with Gasteiger partial charge in [0.1, 0.15) is 0 Å². The Kier molecular flexibility index (Phi) is 5.63. The van der Waals surface area contributed by atoms with Gasteiger partial charge in [-0.3, -0.25) is 9.19 Å². The first-order valence-corrected chi connectivity index (χ1v) is 7.16. The van der Waals surface area contributed by atoms with Crippen molar-refractivity contribution in [2.45, 2.75) is 32.1 Å². The van der Waals surface area contributed by atoms with Gasteiger partial charge in [-0.25, -0.2) is 0 Å². The molecule has 0 aliphatic heterocycles. The lowest BCUT2D eigenvalue weighted by atomic mass is 10.2. The summed E-state index contributed by atoms with van der Waals surface area (Å²) in [7, 11) is -0.717. The Hall–Kier alpha value is -0.740. The largest absolute Gasteiger partial charge is 0.311 e. The zero-order valence-electron chi connectivity index (χ0n) is 10.2. The standard InChI is InChI=1S/C12H20N2OS/c1-10-4-5-12(14-8-10)9-13-7-6-11(2)16(3)15/h4-5,8,11,13H,6-7,9H2,1-3H3. The molecule has 4 heteroatoms. The van der Waals surface area contributed by atoms with Crippen LogP contribution in [0.15, 0.2) is 18.3 Å². The van der Waals surface area contributed by atoms with E-state index in [0.29, 0.717) is 0 Å². The van der Waals surface area contributed by atoms with Crippen molar-refractivity contribution >= 4 is 10.8 Å². The van der Waals surface area contributed by atoms with Gasteiger partial charge in [-0.15, -0.1) is 0 Å². The summed E-state index contributed by atoms with van der Waals surface area (Å²) in [5.41, 5.74) is 2.23. The van der Waals surface area contributed by atoms with Crippen LogP contribution in [-0.2, 0) is 17.3 Å². The maximum Gasteiger partial charge on any atom is 0.0541 e. The molecule has 0 amide bonds. The first-order chi connectivity index (χ1) is 7.59. The summed E-state index contributed by atoms with van der Waals surface area (Å²) in [6, 6.07) is 4.09. The monoisotopic (exact) mass is 240 g/mol. The fourth-order valence-corrected chi connectivity index (χ4v) is 1.74. The molecule has 0 radical (unpaired) electrons. The van der Waals surface area contributed by atoms with Crippen LogP contribution in [0, 0.1) is 6.92 Å². The molecule has 0 aromatic carbocycles. The van der Waals surface area contributed by atoms with Crippen LogP contribution in [0.25, 0.3) is 0 Å². The molecule has 1 N–H and O–H groups in total. The predicted octanol–water partition coefficient (Wildman–Crippen LogP) is 1.64. The first-order valence-electron chi connectivity index (χ1n) is 5.54. The van der Waals surface area contributed by atoms with E-state index < -0.39 is 10.8 Å². The smallest absolute Gasteiger partial charge is 0.0541 e. The molecule has 0 fully saturated rings. The van der Waals surface area contributed by atoms with Crippen LogP contribution in [0.1, 0.15) is 24.6 Å². The lowest BCUT2D eigenvalue weighted by Gasteiger charge is -2.08. The van der Waals surface area contributed by atoms with Gasteiger partial charge >= 0.3 is 0 Å². The Labute approximate surface area is 100 Å². The summed E-state index contributed by atoms with van der Waals surface area (Å²) in [6.07, 6.45) is 4.57. The van der Waals surface area contributed by atoms with Gasteiger partial charge < -0.3 is 5.32 Å². The van der Waals surface area contributed by atoms with Gasteiger partial charge in [0.2, 0.25) is 0 Å². The van der Waals surface area contributed by atoms with Gasteiger partial charge in [0.15, 0.2) is 0 Å². The second kappa shape index (κ2) is 6.76. The van der Waals surface area contributed by atoms with Crippen LogP contribution in [0.5, 0.6) is 0 Å². The number of hydrogen-bond acceptors (Lipinski definition) is 3. The van der Waals surface area contributed by atoms with Crippen molar-refractivity contribution in [2.75, 3.05) is 12.8 Å². The molecule has 0 saturated carbocycles. The van der Waals surface area contributed by atoms with E-state index in [1.165, 1.54) is 5.56 Å². The Balaban J connectivity index is 2.21. The average molecular weight is 240 g/mol. The molecular formula is C12H20N2OS. The lowest BCUT2D eigenvalue weighted by Crippen LogP contribution is -2.21. The fraction of sp³-hybridized carbons (Fsp3) is 0.583. The summed E-state index contributed by atoms with van der Waals surface area (Å²) >= 11 is 0. The highest BCUT2D eigenvalue weighted by molar-refractivity contribution is 7.84. The molecule has 2 unspecified atom stereocenters. The summed E-state index contributed by atoms with van der Waals surface area (Å²) < 4.78 is 11.1. The van der Waals surface area contributed by atoms with Crippen LogP contribution in [0.3, 0.4) is 0 Å². The Morgan fingerprint density at radius 1 is 1.50 bits per heavy atom. The third-order valence-electron chi connectivity index (χ3n) is 2.57. The zero-order chi connectivity index (χ0) is 12.0. The Morgan fingerprint density at radius 3 is 2.81 bits per heavy atom. The van der Waals surface area contributed by atoms with Gasteiger partial charge in [0.25, 0.3) is 0 Å². The second-order valence-electron chi connectivity index (χ2n) is 4.10. The van der Waals surface area contributed by atoms with Crippen molar-refractivity contribution in [2.24, 2.45) is 0 Å². The molecule has 1 aromatic rings. The van der Waals surface area contributed by atoms with Gasteiger partial charge in [0.05, 0.1) is 5.69 Å². The van der Waals surface area contributed by atoms with Crippen molar-refractivity contribution in [3.8, 4) is 0 Å². The van der Waals surface area contributed by atoms with Gasteiger partial charge in [0, 0.05) is 35.0 Å². The SMILES string of the molecule is Cc1ccc(CNCCC(C)S(C)=O)nc1. The number of nitrogens with zero attached hydrogens (tertiary/aromatic N) is 1. The first kappa shape index (κ1) is 13.3. The predicted molar refractivity (Wildman–Crippen MR) is 68.8 cm³/mol. The van der Waals surface area contributed by atoms with Crippen molar-refractivity contribution in [3.63, 3.8) is 0 Å².